The molecule has 1 rings (SSSR count). The number of hydrogen-bond donors (Lipinski definition) is 2. The van der Waals surface area contributed by atoms with Crippen LogP contribution in [0.2, 0.25) is 0 Å². The first-order valence-electron chi connectivity index (χ1n) is 6.66. The third-order valence-corrected chi connectivity index (χ3v) is 3.53. The number of nitrogens with one attached hydrogen (secondary N) is 1. The first-order valence-corrected chi connectivity index (χ1v) is 6.66. The molecule has 1 unspecified atom stereocenters. The van der Waals surface area contributed by atoms with Crippen LogP contribution in [0, 0.1) is 5.41 Å². The predicted molar refractivity (Wildman–Crippen MR) is 74.0 cm³/mol. The van der Waals surface area contributed by atoms with Crippen molar-refractivity contribution in [3.05, 3.63) is 11.6 Å². The molecule has 1 aliphatic rings. The Labute approximate surface area is 114 Å². The maximum atomic E-state index is 12.1. The smallest absolute Gasteiger partial charge is 0.327 e. The standard InChI is InChI=1S/C14H24N2O3/c1-10(2)6-8-15-13(19)16-9-5-7-14(3,4)11(16)12(17)18/h6,11H,5,7-9H2,1-4H3,(H,15,19)(H,17,18). The van der Waals surface area contributed by atoms with Gasteiger partial charge in [0.25, 0.3) is 0 Å². The number of carbonyl (C=O) groups is 2. The summed E-state index contributed by atoms with van der Waals surface area (Å²) in [6.45, 7) is 8.65. The molecule has 1 fully saturated rings. The number of urea groups is 1. The van der Waals surface area contributed by atoms with Gasteiger partial charge in [-0.15, -0.1) is 0 Å². The number of carbonyl (C=O) groups excluding carboxylic acids is 1. The van der Waals surface area contributed by atoms with E-state index in [1.807, 2.05) is 33.8 Å². The molecule has 19 heavy (non-hydrogen) atoms. The second-order valence-corrected chi connectivity index (χ2v) is 5.99. The van der Waals surface area contributed by atoms with E-state index in [9.17, 15) is 14.7 Å². The molecule has 0 aromatic heterocycles. The fraction of sp³-hybridized carbons (Fsp3) is 0.714. The Balaban J connectivity index is 2.76. The zero-order valence-corrected chi connectivity index (χ0v) is 12.2. The van der Waals surface area contributed by atoms with Gasteiger partial charge in [0, 0.05) is 13.1 Å². The Morgan fingerprint density at radius 2 is 2.05 bits per heavy atom. The summed E-state index contributed by atoms with van der Waals surface area (Å²) in [5, 5.41) is 12.1. The van der Waals surface area contributed by atoms with Gasteiger partial charge in [0.2, 0.25) is 0 Å². The maximum Gasteiger partial charge on any atom is 0.327 e. The van der Waals surface area contributed by atoms with E-state index in [1.54, 1.807) is 0 Å². The van der Waals surface area contributed by atoms with Crippen molar-refractivity contribution in [3.8, 4) is 0 Å². The minimum Gasteiger partial charge on any atom is -0.480 e. The van der Waals surface area contributed by atoms with Crippen LogP contribution >= 0.6 is 0 Å². The van der Waals surface area contributed by atoms with Crippen LogP contribution in [0.15, 0.2) is 11.6 Å². The van der Waals surface area contributed by atoms with Gasteiger partial charge in [-0.05, 0) is 32.1 Å². The van der Waals surface area contributed by atoms with E-state index in [4.69, 9.17) is 0 Å². The van der Waals surface area contributed by atoms with Gasteiger partial charge < -0.3 is 15.3 Å². The molecule has 0 saturated carbocycles. The lowest BCUT2D eigenvalue weighted by molar-refractivity contribution is -0.148. The molecule has 2 amide bonds. The number of carboxylic acids is 1. The molecule has 0 spiro atoms. The number of amides is 2. The zero-order valence-electron chi connectivity index (χ0n) is 12.2. The van der Waals surface area contributed by atoms with Crippen molar-refractivity contribution >= 4 is 12.0 Å². The number of aliphatic carboxylic acids is 1. The van der Waals surface area contributed by atoms with Gasteiger partial charge in [-0.2, -0.15) is 0 Å². The van der Waals surface area contributed by atoms with Crippen molar-refractivity contribution in [2.75, 3.05) is 13.1 Å². The topological polar surface area (TPSA) is 69.6 Å². The SMILES string of the molecule is CC(C)=CCNC(=O)N1CCCC(C)(C)C1C(=O)O. The Morgan fingerprint density at radius 1 is 1.42 bits per heavy atom. The maximum absolute atomic E-state index is 12.1. The Bertz CT molecular complexity index is 384. The molecule has 0 aliphatic carbocycles. The van der Waals surface area contributed by atoms with Crippen molar-refractivity contribution in [2.45, 2.75) is 46.6 Å². The van der Waals surface area contributed by atoms with Gasteiger partial charge in [-0.1, -0.05) is 25.5 Å². The minimum atomic E-state index is -0.929. The highest BCUT2D eigenvalue weighted by atomic mass is 16.4. The van der Waals surface area contributed by atoms with Crippen LogP contribution in [0.25, 0.3) is 0 Å². The average molecular weight is 268 g/mol. The predicted octanol–water partition coefficient (Wildman–Crippen LogP) is 2.24. The molecule has 0 aromatic rings. The van der Waals surface area contributed by atoms with Crippen molar-refractivity contribution in [1.29, 1.82) is 0 Å². The van der Waals surface area contributed by atoms with Gasteiger partial charge >= 0.3 is 12.0 Å². The molecule has 5 nitrogen and oxygen atoms in total. The van der Waals surface area contributed by atoms with Crippen molar-refractivity contribution < 1.29 is 14.7 Å². The van der Waals surface area contributed by atoms with E-state index in [0.29, 0.717) is 13.1 Å². The number of allylic oxidation sites excluding steroid dienone is 1. The van der Waals surface area contributed by atoms with Crippen LogP contribution in [-0.2, 0) is 4.79 Å². The van der Waals surface area contributed by atoms with E-state index >= 15 is 0 Å². The van der Waals surface area contributed by atoms with Crippen LogP contribution in [0.4, 0.5) is 4.79 Å². The van der Waals surface area contributed by atoms with Crippen LogP contribution in [0.1, 0.15) is 40.5 Å². The van der Waals surface area contributed by atoms with Crippen molar-refractivity contribution in [3.63, 3.8) is 0 Å². The number of nitrogens with zero attached hydrogens (tertiary/aromatic N) is 1. The Kier molecular flexibility index (Phi) is 4.97. The first-order chi connectivity index (χ1) is 8.75. The number of rotatable bonds is 3. The first kappa shape index (κ1) is 15.5. The van der Waals surface area contributed by atoms with Crippen LogP contribution in [-0.4, -0.2) is 41.1 Å². The molecular formula is C14H24N2O3. The highest BCUT2D eigenvalue weighted by Gasteiger charge is 2.44. The molecule has 5 heteroatoms. The monoisotopic (exact) mass is 268 g/mol. The molecule has 0 radical (unpaired) electrons. The number of likely N-dealkylation sites (tertiary alicyclic amines) is 1. The molecular weight excluding hydrogens is 244 g/mol. The Hall–Kier alpha value is -1.52. The van der Waals surface area contributed by atoms with Crippen LogP contribution in [0.3, 0.4) is 0 Å². The summed E-state index contributed by atoms with van der Waals surface area (Å²) in [6, 6.07) is -1.05. The summed E-state index contributed by atoms with van der Waals surface area (Å²) >= 11 is 0. The second kappa shape index (κ2) is 6.08. The quantitative estimate of drug-likeness (QED) is 0.771. The van der Waals surface area contributed by atoms with Gasteiger partial charge in [-0.25, -0.2) is 9.59 Å². The summed E-state index contributed by atoms with van der Waals surface area (Å²) in [6.07, 6.45) is 3.57. The summed E-state index contributed by atoms with van der Waals surface area (Å²) in [5.41, 5.74) is 0.729. The summed E-state index contributed by atoms with van der Waals surface area (Å²) < 4.78 is 0. The summed E-state index contributed by atoms with van der Waals surface area (Å²) in [5.74, 6) is -0.929. The van der Waals surface area contributed by atoms with E-state index in [2.05, 4.69) is 5.32 Å². The highest BCUT2D eigenvalue weighted by molar-refractivity contribution is 5.83. The van der Waals surface area contributed by atoms with E-state index in [-0.39, 0.29) is 6.03 Å². The fourth-order valence-corrected chi connectivity index (χ4v) is 2.52. The van der Waals surface area contributed by atoms with E-state index in [0.717, 1.165) is 18.4 Å². The third-order valence-electron chi connectivity index (χ3n) is 3.53. The zero-order chi connectivity index (χ0) is 14.6. The lowest BCUT2D eigenvalue weighted by Gasteiger charge is -2.43. The van der Waals surface area contributed by atoms with Gasteiger partial charge in [-0.3, -0.25) is 0 Å². The van der Waals surface area contributed by atoms with Crippen LogP contribution < -0.4 is 5.32 Å². The normalized spacial score (nSPS) is 21.7. The molecule has 1 atom stereocenters. The molecule has 108 valence electrons. The van der Waals surface area contributed by atoms with Crippen LogP contribution in [0.5, 0.6) is 0 Å². The number of hydrogen-bond acceptors (Lipinski definition) is 2. The largest absolute Gasteiger partial charge is 0.480 e. The van der Waals surface area contributed by atoms with E-state index in [1.165, 1.54) is 4.90 Å². The molecule has 1 heterocycles. The molecule has 2 N–H and O–H groups in total. The van der Waals surface area contributed by atoms with E-state index < -0.39 is 17.4 Å². The third kappa shape index (κ3) is 3.98. The lowest BCUT2D eigenvalue weighted by atomic mass is 9.76. The summed E-state index contributed by atoms with van der Waals surface area (Å²) in [4.78, 5) is 25.0. The Morgan fingerprint density at radius 3 is 2.58 bits per heavy atom. The molecule has 0 aromatic carbocycles. The number of carboxylic acid groups (broad SMARTS) is 1. The second-order valence-electron chi connectivity index (χ2n) is 5.99. The fourth-order valence-electron chi connectivity index (χ4n) is 2.52. The van der Waals surface area contributed by atoms with Crippen molar-refractivity contribution in [1.82, 2.24) is 10.2 Å². The highest BCUT2D eigenvalue weighted by Crippen LogP contribution is 2.35. The minimum absolute atomic E-state index is 0.294. The van der Waals surface area contributed by atoms with Gasteiger partial charge in [0.1, 0.15) is 6.04 Å². The summed E-state index contributed by atoms with van der Waals surface area (Å²) in [7, 11) is 0. The average Bonchev–Trinajstić information content (AvgIpc) is 2.25. The molecule has 0 bridgehead atoms. The van der Waals surface area contributed by atoms with Gasteiger partial charge in [0.15, 0.2) is 0 Å². The lowest BCUT2D eigenvalue weighted by Crippen LogP contribution is -2.58. The number of piperidine rings is 1. The molecule has 1 aliphatic heterocycles. The van der Waals surface area contributed by atoms with Gasteiger partial charge in [0.05, 0.1) is 0 Å². The van der Waals surface area contributed by atoms with Crippen molar-refractivity contribution in [2.24, 2.45) is 5.41 Å². The molecule has 1 saturated heterocycles.